The van der Waals surface area contributed by atoms with Crippen LogP contribution in [0.25, 0.3) is 10.6 Å². The van der Waals surface area contributed by atoms with Crippen LogP contribution >= 0.6 is 11.3 Å². The second kappa shape index (κ2) is 6.75. The van der Waals surface area contributed by atoms with Gasteiger partial charge in [-0.15, -0.1) is 11.3 Å². The molecule has 0 aliphatic carbocycles. The summed E-state index contributed by atoms with van der Waals surface area (Å²) in [6, 6.07) is 17.7. The molecule has 3 rings (SSSR count). The lowest BCUT2D eigenvalue weighted by atomic mass is 10.1. The number of rotatable bonds is 4. The van der Waals surface area contributed by atoms with Gasteiger partial charge in [0.05, 0.1) is 12.2 Å². The molecule has 0 radical (unpaired) electrons. The minimum absolute atomic E-state index is 0.0443. The van der Waals surface area contributed by atoms with Crippen molar-refractivity contribution < 1.29 is 4.79 Å². The molecule has 1 aromatic heterocycles. The summed E-state index contributed by atoms with van der Waals surface area (Å²) in [6.45, 7) is 4.43. The van der Waals surface area contributed by atoms with Crippen LogP contribution in [0.2, 0.25) is 0 Å². The summed E-state index contributed by atoms with van der Waals surface area (Å²) < 4.78 is 0. The quantitative estimate of drug-likeness (QED) is 0.775. The smallest absolute Gasteiger partial charge is 0.251 e. The first-order valence-electron chi connectivity index (χ1n) is 7.50. The average Bonchev–Trinajstić information content (AvgIpc) is 2.95. The summed E-state index contributed by atoms with van der Waals surface area (Å²) in [5.74, 6) is -0.0443. The molecule has 2 aromatic carbocycles. The molecule has 0 saturated carbocycles. The molecule has 0 aliphatic heterocycles. The fraction of sp³-hybridized carbons (Fsp3) is 0.158. The molecule has 0 spiro atoms. The molecule has 0 unspecified atom stereocenters. The number of nitrogens with one attached hydrogen (secondary N) is 1. The highest BCUT2D eigenvalue weighted by atomic mass is 32.1. The first-order valence-corrected chi connectivity index (χ1v) is 8.32. The molecule has 116 valence electrons. The van der Waals surface area contributed by atoms with Crippen molar-refractivity contribution in [3.05, 3.63) is 76.3 Å². The van der Waals surface area contributed by atoms with Crippen molar-refractivity contribution in [3.8, 4) is 10.6 Å². The predicted molar refractivity (Wildman–Crippen MR) is 94.6 cm³/mol. The van der Waals surface area contributed by atoms with E-state index >= 15 is 0 Å². The lowest BCUT2D eigenvalue weighted by molar-refractivity contribution is 0.0950. The van der Waals surface area contributed by atoms with E-state index in [2.05, 4.69) is 10.3 Å². The fourth-order valence-electron chi connectivity index (χ4n) is 2.38. The summed E-state index contributed by atoms with van der Waals surface area (Å²) in [5, 5.41) is 3.98. The van der Waals surface area contributed by atoms with Crippen molar-refractivity contribution in [3.63, 3.8) is 0 Å². The molecule has 1 amide bonds. The second-order valence-corrected chi connectivity index (χ2v) is 6.47. The van der Waals surface area contributed by atoms with Gasteiger partial charge in [-0.05, 0) is 25.5 Å². The number of aromatic nitrogens is 1. The molecule has 1 N–H and O–H groups in total. The van der Waals surface area contributed by atoms with Crippen LogP contribution in [0.3, 0.4) is 0 Å². The van der Waals surface area contributed by atoms with Gasteiger partial charge in [-0.2, -0.15) is 0 Å². The first kappa shape index (κ1) is 15.4. The minimum atomic E-state index is -0.0443. The minimum Gasteiger partial charge on any atom is -0.347 e. The molecular formula is C19H18N2OS. The topological polar surface area (TPSA) is 42.0 Å². The number of hydrogen-bond acceptors (Lipinski definition) is 3. The van der Waals surface area contributed by atoms with Crippen LogP contribution in [0.4, 0.5) is 0 Å². The monoisotopic (exact) mass is 322 g/mol. The van der Waals surface area contributed by atoms with Crippen LogP contribution in [0, 0.1) is 13.8 Å². The maximum absolute atomic E-state index is 12.3. The van der Waals surface area contributed by atoms with Crippen LogP contribution in [-0.4, -0.2) is 10.9 Å². The molecular weight excluding hydrogens is 304 g/mol. The van der Waals surface area contributed by atoms with E-state index < -0.39 is 0 Å². The summed E-state index contributed by atoms with van der Waals surface area (Å²) in [5.41, 5.74) is 3.78. The lowest BCUT2D eigenvalue weighted by Crippen LogP contribution is -2.23. The largest absolute Gasteiger partial charge is 0.347 e. The molecule has 0 saturated heterocycles. The van der Waals surface area contributed by atoms with Crippen LogP contribution in [0.1, 0.15) is 26.5 Å². The Labute approximate surface area is 140 Å². The van der Waals surface area contributed by atoms with Gasteiger partial charge < -0.3 is 5.32 Å². The number of carbonyl (C=O) groups is 1. The van der Waals surface area contributed by atoms with E-state index in [-0.39, 0.29) is 5.91 Å². The van der Waals surface area contributed by atoms with Crippen LogP contribution < -0.4 is 5.32 Å². The van der Waals surface area contributed by atoms with Crippen molar-refractivity contribution >= 4 is 17.2 Å². The van der Waals surface area contributed by atoms with Gasteiger partial charge in [-0.1, -0.05) is 48.5 Å². The average molecular weight is 322 g/mol. The molecule has 3 aromatic rings. The van der Waals surface area contributed by atoms with E-state index in [0.29, 0.717) is 6.54 Å². The van der Waals surface area contributed by atoms with E-state index in [0.717, 1.165) is 32.3 Å². The number of thiazole rings is 1. The fourth-order valence-corrected chi connectivity index (χ4v) is 3.39. The number of hydrogen-bond donors (Lipinski definition) is 1. The van der Waals surface area contributed by atoms with Gasteiger partial charge in [0.15, 0.2) is 0 Å². The highest BCUT2D eigenvalue weighted by Crippen LogP contribution is 2.27. The number of amides is 1. The predicted octanol–water partition coefficient (Wildman–Crippen LogP) is 4.36. The zero-order valence-electron chi connectivity index (χ0n) is 13.2. The molecule has 1 heterocycles. The zero-order valence-corrected chi connectivity index (χ0v) is 14.0. The van der Waals surface area contributed by atoms with E-state index in [1.54, 1.807) is 11.3 Å². The maximum atomic E-state index is 12.3. The van der Waals surface area contributed by atoms with Gasteiger partial charge in [-0.25, -0.2) is 4.98 Å². The molecule has 3 nitrogen and oxygen atoms in total. The molecule has 4 heteroatoms. The third kappa shape index (κ3) is 3.48. The third-order valence-electron chi connectivity index (χ3n) is 3.71. The van der Waals surface area contributed by atoms with Crippen LogP contribution in [0.5, 0.6) is 0 Å². The van der Waals surface area contributed by atoms with E-state index in [4.69, 9.17) is 0 Å². The van der Waals surface area contributed by atoms with E-state index in [9.17, 15) is 4.79 Å². The Bertz CT molecular complexity index is 824. The number of carbonyl (C=O) groups excluding carboxylic acids is 1. The van der Waals surface area contributed by atoms with Gasteiger partial charge in [-0.3, -0.25) is 4.79 Å². The molecule has 0 fully saturated rings. The number of benzene rings is 2. The van der Waals surface area contributed by atoms with Gasteiger partial charge in [0.1, 0.15) is 5.01 Å². The molecule has 0 atom stereocenters. The maximum Gasteiger partial charge on any atom is 0.251 e. The van der Waals surface area contributed by atoms with E-state index in [1.165, 1.54) is 0 Å². The Morgan fingerprint density at radius 2 is 1.74 bits per heavy atom. The van der Waals surface area contributed by atoms with Gasteiger partial charge >= 0.3 is 0 Å². The van der Waals surface area contributed by atoms with Crippen molar-refractivity contribution in [2.45, 2.75) is 20.4 Å². The lowest BCUT2D eigenvalue weighted by Gasteiger charge is -2.06. The van der Waals surface area contributed by atoms with Crippen molar-refractivity contribution in [1.29, 1.82) is 0 Å². The summed E-state index contributed by atoms with van der Waals surface area (Å²) in [4.78, 5) is 18.0. The van der Waals surface area contributed by atoms with Crippen molar-refractivity contribution in [2.24, 2.45) is 0 Å². The summed E-state index contributed by atoms with van der Waals surface area (Å²) >= 11 is 1.63. The Balaban J connectivity index is 1.73. The third-order valence-corrected chi connectivity index (χ3v) is 4.92. The molecule has 0 bridgehead atoms. The highest BCUT2D eigenvalue weighted by molar-refractivity contribution is 7.15. The Morgan fingerprint density at radius 1 is 1.04 bits per heavy atom. The van der Waals surface area contributed by atoms with Crippen molar-refractivity contribution in [2.75, 3.05) is 0 Å². The Kier molecular flexibility index (Phi) is 4.53. The standard InChI is InChI=1S/C19H18N2OS/c1-13-8-6-7-11-16(13)18(22)20-12-17-14(2)21-19(23-17)15-9-4-3-5-10-15/h3-11H,12H2,1-2H3,(H,20,22). The normalized spacial score (nSPS) is 10.5. The molecule has 23 heavy (non-hydrogen) atoms. The first-order chi connectivity index (χ1) is 11.1. The summed E-state index contributed by atoms with van der Waals surface area (Å²) in [7, 11) is 0. The highest BCUT2D eigenvalue weighted by Gasteiger charge is 2.12. The van der Waals surface area contributed by atoms with Gasteiger partial charge in [0, 0.05) is 16.0 Å². The van der Waals surface area contributed by atoms with E-state index in [1.807, 2.05) is 68.4 Å². The van der Waals surface area contributed by atoms with Gasteiger partial charge in [0.25, 0.3) is 5.91 Å². The number of aryl methyl sites for hydroxylation is 2. The Morgan fingerprint density at radius 3 is 2.48 bits per heavy atom. The Hall–Kier alpha value is -2.46. The zero-order chi connectivity index (χ0) is 16.2. The van der Waals surface area contributed by atoms with Crippen LogP contribution in [0.15, 0.2) is 54.6 Å². The van der Waals surface area contributed by atoms with Gasteiger partial charge in [0.2, 0.25) is 0 Å². The molecule has 0 aliphatic rings. The number of nitrogens with zero attached hydrogens (tertiary/aromatic N) is 1. The SMILES string of the molecule is Cc1ccccc1C(=O)NCc1sc(-c2ccccc2)nc1C. The second-order valence-electron chi connectivity index (χ2n) is 5.39. The van der Waals surface area contributed by atoms with Crippen molar-refractivity contribution in [1.82, 2.24) is 10.3 Å². The summed E-state index contributed by atoms with van der Waals surface area (Å²) in [6.07, 6.45) is 0. The van der Waals surface area contributed by atoms with Crippen LogP contribution in [-0.2, 0) is 6.54 Å².